The Morgan fingerprint density at radius 2 is 1.79 bits per heavy atom. The van der Waals surface area contributed by atoms with Crippen LogP contribution in [0, 0.1) is 11.6 Å². The Morgan fingerprint density at radius 1 is 1.03 bits per heavy atom. The van der Waals surface area contributed by atoms with E-state index in [1.807, 2.05) is 4.90 Å². The van der Waals surface area contributed by atoms with Crippen LogP contribution in [-0.2, 0) is 6.54 Å². The van der Waals surface area contributed by atoms with E-state index >= 15 is 4.39 Å². The molecule has 2 heterocycles. The normalized spacial score (nSPS) is 16.5. The van der Waals surface area contributed by atoms with E-state index in [9.17, 15) is 13.2 Å². The number of rotatable bonds is 8. The molecule has 34 heavy (non-hydrogen) atoms. The first-order valence-corrected chi connectivity index (χ1v) is 11.5. The molecule has 4 nitrogen and oxygen atoms in total. The van der Waals surface area contributed by atoms with Crippen LogP contribution in [0.5, 0.6) is 0 Å². The first-order chi connectivity index (χ1) is 16.3. The van der Waals surface area contributed by atoms with Gasteiger partial charge < -0.3 is 4.90 Å². The highest BCUT2D eigenvalue weighted by Gasteiger charge is 2.23. The maximum Gasteiger partial charge on any atom is 0.278 e. The molecule has 0 unspecified atom stereocenters. The number of alkyl halides is 2. The van der Waals surface area contributed by atoms with Gasteiger partial charge in [0.25, 0.3) is 6.43 Å². The van der Waals surface area contributed by atoms with Crippen LogP contribution in [0.2, 0.25) is 5.02 Å². The molecule has 1 fully saturated rings. The molecule has 9 heteroatoms. The number of likely N-dealkylation sites (tertiary alicyclic amines) is 1. The van der Waals surface area contributed by atoms with Crippen molar-refractivity contribution in [2.45, 2.75) is 38.7 Å². The summed E-state index contributed by atoms with van der Waals surface area (Å²) in [5.74, 6) is -1.04. The van der Waals surface area contributed by atoms with Crippen molar-refractivity contribution in [3.8, 4) is 0 Å². The fourth-order valence-electron chi connectivity index (χ4n) is 4.17. The number of nitrogens with zero attached hydrogens (tertiary/aromatic N) is 4. The number of anilines is 1. The second-order valence-corrected chi connectivity index (χ2v) is 8.92. The third-order valence-corrected chi connectivity index (χ3v) is 6.36. The topological polar surface area (TPSA) is 31.2 Å². The lowest BCUT2D eigenvalue weighted by atomic mass is 10.0. The zero-order valence-electron chi connectivity index (χ0n) is 18.6. The summed E-state index contributed by atoms with van der Waals surface area (Å²) in [5.41, 5.74) is 2.10. The fraction of sp³-hybridized carbons (Fsp3) is 0.360. The SMILES string of the molecule is C=C(CN1CCCCC1)N(Cc1ccc(C2=NN=C(C(F)F)C2)cc1F)c1ccc(F)c(Cl)c1. The van der Waals surface area contributed by atoms with Crippen molar-refractivity contribution in [2.24, 2.45) is 10.2 Å². The third kappa shape index (κ3) is 5.67. The van der Waals surface area contributed by atoms with Crippen LogP contribution >= 0.6 is 11.6 Å². The van der Waals surface area contributed by atoms with Gasteiger partial charge in [0.2, 0.25) is 0 Å². The largest absolute Gasteiger partial charge is 0.340 e. The highest BCUT2D eigenvalue weighted by molar-refractivity contribution is 6.31. The molecule has 0 aromatic heterocycles. The van der Waals surface area contributed by atoms with Crippen LogP contribution in [0.1, 0.15) is 36.8 Å². The molecule has 180 valence electrons. The molecule has 0 bridgehead atoms. The van der Waals surface area contributed by atoms with E-state index in [2.05, 4.69) is 21.7 Å². The minimum atomic E-state index is -2.69. The van der Waals surface area contributed by atoms with Crippen molar-refractivity contribution >= 4 is 28.7 Å². The fourth-order valence-corrected chi connectivity index (χ4v) is 4.35. The Morgan fingerprint density at radius 3 is 2.44 bits per heavy atom. The third-order valence-electron chi connectivity index (χ3n) is 6.07. The van der Waals surface area contributed by atoms with Crippen molar-refractivity contribution in [1.29, 1.82) is 0 Å². The molecule has 0 aliphatic carbocycles. The number of benzene rings is 2. The quantitative estimate of drug-likeness (QED) is 0.397. The summed E-state index contributed by atoms with van der Waals surface area (Å²) in [5, 5.41) is 7.24. The number of halogens is 5. The van der Waals surface area contributed by atoms with E-state index in [4.69, 9.17) is 11.6 Å². The molecule has 2 aromatic rings. The molecular weight excluding hydrogens is 468 g/mol. The van der Waals surface area contributed by atoms with Crippen LogP contribution < -0.4 is 4.90 Å². The smallest absolute Gasteiger partial charge is 0.278 e. The van der Waals surface area contributed by atoms with Gasteiger partial charge in [0, 0.05) is 35.5 Å². The lowest BCUT2D eigenvalue weighted by Gasteiger charge is -2.33. The lowest BCUT2D eigenvalue weighted by Crippen LogP contribution is -2.36. The molecule has 2 aliphatic rings. The molecule has 0 amide bonds. The number of piperidine rings is 1. The van der Waals surface area contributed by atoms with Gasteiger partial charge in [0.05, 0.1) is 17.3 Å². The first-order valence-electron chi connectivity index (χ1n) is 11.1. The van der Waals surface area contributed by atoms with Crippen molar-refractivity contribution in [2.75, 3.05) is 24.5 Å². The highest BCUT2D eigenvalue weighted by Crippen LogP contribution is 2.28. The highest BCUT2D eigenvalue weighted by atomic mass is 35.5. The summed E-state index contributed by atoms with van der Waals surface area (Å²) < 4.78 is 54.6. The molecule has 0 radical (unpaired) electrons. The van der Waals surface area contributed by atoms with Crippen LogP contribution in [0.15, 0.2) is 58.9 Å². The Hall–Kier alpha value is -2.71. The minimum absolute atomic E-state index is 0.0295. The van der Waals surface area contributed by atoms with E-state index in [0.717, 1.165) is 31.6 Å². The Kier molecular flexibility index (Phi) is 7.68. The number of hydrogen-bond acceptors (Lipinski definition) is 4. The predicted octanol–water partition coefficient (Wildman–Crippen LogP) is 6.44. The summed E-state index contributed by atoms with van der Waals surface area (Å²) in [6.07, 6.45) is 0.641. The Bertz CT molecular complexity index is 1130. The summed E-state index contributed by atoms with van der Waals surface area (Å²) in [6, 6.07) is 8.88. The summed E-state index contributed by atoms with van der Waals surface area (Å²) >= 11 is 6.02. The Balaban J connectivity index is 1.55. The monoisotopic (exact) mass is 492 g/mol. The van der Waals surface area contributed by atoms with E-state index in [1.54, 1.807) is 18.2 Å². The van der Waals surface area contributed by atoms with Gasteiger partial charge in [-0.2, -0.15) is 10.2 Å². The average molecular weight is 493 g/mol. The van der Waals surface area contributed by atoms with Gasteiger partial charge in [-0.3, -0.25) is 4.90 Å². The Labute approximate surface area is 201 Å². The molecule has 2 aliphatic heterocycles. The van der Waals surface area contributed by atoms with Gasteiger partial charge >= 0.3 is 0 Å². The van der Waals surface area contributed by atoms with Gasteiger partial charge in [-0.1, -0.05) is 36.7 Å². The van der Waals surface area contributed by atoms with E-state index in [1.165, 1.54) is 24.6 Å². The maximum absolute atomic E-state index is 15.1. The molecule has 2 aromatic carbocycles. The van der Waals surface area contributed by atoms with E-state index in [-0.39, 0.29) is 23.7 Å². The second-order valence-electron chi connectivity index (χ2n) is 8.51. The minimum Gasteiger partial charge on any atom is -0.340 e. The molecule has 0 atom stereocenters. The van der Waals surface area contributed by atoms with Crippen molar-refractivity contribution in [1.82, 2.24) is 4.90 Å². The number of hydrogen-bond donors (Lipinski definition) is 0. The molecule has 0 saturated carbocycles. The molecule has 0 N–H and O–H groups in total. The molecular formula is C25H25ClF4N4. The van der Waals surface area contributed by atoms with Gasteiger partial charge in [-0.25, -0.2) is 17.6 Å². The second kappa shape index (κ2) is 10.7. The van der Waals surface area contributed by atoms with Crippen LogP contribution in [0.3, 0.4) is 0 Å². The van der Waals surface area contributed by atoms with Crippen LogP contribution in [-0.4, -0.2) is 42.4 Å². The van der Waals surface area contributed by atoms with Gasteiger partial charge in [0.1, 0.15) is 17.3 Å². The van der Waals surface area contributed by atoms with Crippen LogP contribution in [0.25, 0.3) is 0 Å². The zero-order valence-corrected chi connectivity index (χ0v) is 19.3. The van der Waals surface area contributed by atoms with Crippen molar-refractivity contribution in [3.63, 3.8) is 0 Å². The molecule has 1 saturated heterocycles. The predicted molar refractivity (Wildman–Crippen MR) is 128 cm³/mol. The van der Waals surface area contributed by atoms with Gasteiger partial charge in [-0.05, 0) is 50.2 Å². The standard InChI is InChI=1S/C25H25ClF4N4/c1-16(14-33-9-3-2-4-10-33)34(19-7-8-21(27)20(26)12-19)15-18-6-5-17(11-22(18)28)23-13-24(25(29)30)32-31-23/h5-8,11-12,25H,1-4,9-10,13-15H2. The summed E-state index contributed by atoms with van der Waals surface area (Å²) in [7, 11) is 0. The summed E-state index contributed by atoms with van der Waals surface area (Å²) in [4.78, 5) is 4.12. The van der Waals surface area contributed by atoms with E-state index in [0.29, 0.717) is 29.1 Å². The lowest BCUT2D eigenvalue weighted by molar-refractivity contribution is 0.224. The van der Waals surface area contributed by atoms with Gasteiger partial charge in [0.15, 0.2) is 0 Å². The summed E-state index contributed by atoms with van der Waals surface area (Å²) in [6.45, 7) is 6.90. The molecule has 0 spiro atoms. The van der Waals surface area contributed by atoms with Crippen LogP contribution in [0.4, 0.5) is 23.2 Å². The van der Waals surface area contributed by atoms with Crippen molar-refractivity contribution in [3.05, 3.63) is 76.5 Å². The van der Waals surface area contributed by atoms with Crippen molar-refractivity contribution < 1.29 is 17.6 Å². The van der Waals surface area contributed by atoms with E-state index < -0.39 is 18.1 Å². The average Bonchev–Trinajstić information content (AvgIpc) is 3.31. The molecule has 4 rings (SSSR count). The van der Waals surface area contributed by atoms with Gasteiger partial charge in [-0.15, -0.1) is 0 Å². The first kappa shape index (κ1) is 24.4. The maximum atomic E-state index is 15.1. The zero-order chi connectivity index (χ0) is 24.2.